The molecule has 0 bridgehead atoms. The minimum Gasteiger partial charge on any atom is -0.479 e. The summed E-state index contributed by atoms with van der Waals surface area (Å²) in [6.07, 6.45) is -0.554. The standard InChI is InChI=1S/C17H18N4O5S/c1-9-5-14(21-26-9)20-16(23)8-27-7-15(22)18-11-3-4-13-12(6-11)19-17(24)10(2)25-13/h3-6,10H,7-8H2,1-2H3,(H,18,22)(H,19,24)(H,20,21,23)/t10-/m1/s1. The van der Waals surface area contributed by atoms with Gasteiger partial charge in [-0.1, -0.05) is 5.16 Å². The van der Waals surface area contributed by atoms with Gasteiger partial charge in [0.25, 0.3) is 5.91 Å². The van der Waals surface area contributed by atoms with E-state index in [1.165, 1.54) is 11.8 Å². The lowest BCUT2D eigenvalue weighted by atomic mass is 10.2. The molecule has 142 valence electrons. The summed E-state index contributed by atoms with van der Waals surface area (Å²) >= 11 is 1.17. The maximum Gasteiger partial charge on any atom is 0.265 e. The fourth-order valence-corrected chi connectivity index (χ4v) is 2.94. The Morgan fingerprint density at radius 3 is 2.67 bits per heavy atom. The van der Waals surface area contributed by atoms with Gasteiger partial charge >= 0.3 is 0 Å². The van der Waals surface area contributed by atoms with E-state index in [-0.39, 0.29) is 29.2 Å². The maximum absolute atomic E-state index is 12.0. The van der Waals surface area contributed by atoms with E-state index in [4.69, 9.17) is 9.26 Å². The number of aromatic nitrogens is 1. The summed E-state index contributed by atoms with van der Waals surface area (Å²) < 4.78 is 10.3. The predicted molar refractivity (Wildman–Crippen MR) is 101 cm³/mol. The number of fused-ring (bicyclic) bond motifs is 1. The first kappa shape index (κ1) is 18.8. The highest BCUT2D eigenvalue weighted by molar-refractivity contribution is 8.00. The van der Waals surface area contributed by atoms with E-state index < -0.39 is 6.10 Å². The molecule has 0 aliphatic carbocycles. The molecule has 3 rings (SSSR count). The van der Waals surface area contributed by atoms with Gasteiger partial charge in [-0.25, -0.2) is 0 Å². The summed E-state index contributed by atoms with van der Waals surface area (Å²) in [6.45, 7) is 3.38. The van der Waals surface area contributed by atoms with Gasteiger partial charge in [0, 0.05) is 11.8 Å². The van der Waals surface area contributed by atoms with Gasteiger partial charge in [-0.2, -0.15) is 0 Å². The molecule has 1 atom stereocenters. The normalized spacial score (nSPS) is 15.3. The van der Waals surface area contributed by atoms with Crippen molar-refractivity contribution in [3.63, 3.8) is 0 Å². The van der Waals surface area contributed by atoms with Crippen molar-refractivity contribution in [3.05, 3.63) is 30.0 Å². The summed E-state index contributed by atoms with van der Waals surface area (Å²) in [5.41, 5.74) is 1.03. The van der Waals surface area contributed by atoms with Crippen LogP contribution in [0.1, 0.15) is 12.7 Å². The molecule has 0 spiro atoms. The van der Waals surface area contributed by atoms with E-state index in [2.05, 4.69) is 21.1 Å². The number of rotatable bonds is 6. The third-order valence-corrected chi connectivity index (χ3v) is 4.49. The molecular weight excluding hydrogens is 372 g/mol. The van der Waals surface area contributed by atoms with E-state index >= 15 is 0 Å². The number of amides is 3. The third-order valence-electron chi connectivity index (χ3n) is 3.56. The Labute approximate surface area is 159 Å². The average Bonchev–Trinajstić information content (AvgIpc) is 3.01. The number of thioether (sulfide) groups is 1. The molecule has 1 aromatic carbocycles. The molecule has 0 saturated carbocycles. The van der Waals surface area contributed by atoms with Crippen LogP contribution < -0.4 is 20.7 Å². The van der Waals surface area contributed by atoms with Crippen molar-refractivity contribution in [1.29, 1.82) is 0 Å². The lowest BCUT2D eigenvalue weighted by Gasteiger charge is -2.23. The summed E-state index contributed by atoms with van der Waals surface area (Å²) in [4.78, 5) is 35.5. The Morgan fingerprint density at radius 2 is 1.96 bits per heavy atom. The van der Waals surface area contributed by atoms with Gasteiger partial charge in [-0.3, -0.25) is 14.4 Å². The SMILES string of the molecule is Cc1cc(NC(=O)CSCC(=O)Nc2ccc3c(c2)NC(=O)[C@@H](C)O3)no1. The Balaban J connectivity index is 1.45. The smallest absolute Gasteiger partial charge is 0.265 e. The van der Waals surface area contributed by atoms with Gasteiger partial charge in [0.1, 0.15) is 11.5 Å². The first-order valence-electron chi connectivity index (χ1n) is 8.13. The maximum atomic E-state index is 12.0. The van der Waals surface area contributed by atoms with E-state index in [1.807, 2.05) is 0 Å². The largest absolute Gasteiger partial charge is 0.479 e. The number of carbonyl (C=O) groups excluding carboxylic acids is 3. The van der Waals surface area contributed by atoms with Crippen LogP contribution in [-0.4, -0.2) is 40.5 Å². The van der Waals surface area contributed by atoms with Crippen molar-refractivity contribution in [2.45, 2.75) is 20.0 Å². The molecule has 2 aromatic rings. The first-order chi connectivity index (χ1) is 12.9. The number of benzene rings is 1. The second-order valence-electron chi connectivity index (χ2n) is 5.87. The van der Waals surface area contributed by atoms with Gasteiger partial charge in [-0.05, 0) is 32.0 Å². The van der Waals surface area contributed by atoms with Gasteiger partial charge < -0.3 is 25.2 Å². The number of hydrogen-bond acceptors (Lipinski definition) is 7. The van der Waals surface area contributed by atoms with Crippen molar-refractivity contribution < 1.29 is 23.6 Å². The zero-order chi connectivity index (χ0) is 19.4. The van der Waals surface area contributed by atoms with Gasteiger partial charge in [-0.15, -0.1) is 11.8 Å². The fourth-order valence-electron chi connectivity index (χ4n) is 2.32. The summed E-state index contributed by atoms with van der Waals surface area (Å²) in [7, 11) is 0. The molecule has 0 saturated heterocycles. The quantitative estimate of drug-likeness (QED) is 0.689. The zero-order valence-corrected chi connectivity index (χ0v) is 15.5. The number of hydrogen-bond donors (Lipinski definition) is 3. The molecule has 1 aliphatic heterocycles. The minimum absolute atomic E-state index is 0.0994. The molecule has 0 unspecified atom stereocenters. The van der Waals surface area contributed by atoms with E-state index in [1.54, 1.807) is 38.1 Å². The Bertz CT molecular complexity index is 882. The second kappa shape index (κ2) is 8.12. The van der Waals surface area contributed by atoms with E-state index in [0.717, 1.165) is 0 Å². The molecule has 27 heavy (non-hydrogen) atoms. The predicted octanol–water partition coefficient (Wildman–Crippen LogP) is 2.01. The van der Waals surface area contributed by atoms with Crippen LogP contribution in [0.4, 0.5) is 17.2 Å². The number of carbonyl (C=O) groups is 3. The highest BCUT2D eigenvalue weighted by atomic mass is 32.2. The summed E-state index contributed by atoms with van der Waals surface area (Å²) in [5, 5.41) is 11.7. The van der Waals surface area contributed by atoms with Crippen LogP contribution in [0.3, 0.4) is 0 Å². The minimum atomic E-state index is -0.554. The Kier molecular flexibility index (Phi) is 5.65. The Morgan fingerprint density at radius 1 is 1.22 bits per heavy atom. The lowest BCUT2D eigenvalue weighted by molar-refractivity contribution is -0.122. The molecule has 1 aromatic heterocycles. The van der Waals surface area contributed by atoms with Gasteiger partial charge in [0.15, 0.2) is 11.9 Å². The van der Waals surface area contributed by atoms with Crippen LogP contribution in [0.2, 0.25) is 0 Å². The van der Waals surface area contributed by atoms with Crippen molar-refractivity contribution in [1.82, 2.24) is 5.16 Å². The van der Waals surface area contributed by atoms with E-state index in [9.17, 15) is 14.4 Å². The van der Waals surface area contributed by atoms with Crippen LogP contribution in [0.25, 0.3) is 0 Å². The topological polar surface area (TPSA) is 123 Å². The molecule has 2 heterocycles. The molecule has 3 N–H and O–H groups in total. The first-order valence-corrected chi connectivity index (χ1v) is 9.28. The van der Waals surface area contributed by atoms with Crippen molar-refractivity contribution in [2.75, 3.05) is 27.5 Å². The monoisotopic (exact) mass is 390 g/mol. The number of aryl methyl sites for hydroxylation is 1. The lowest BCUT2D eigenvalue weighted by Crippen LogP contribution is -2.34. The zero-order valence-electron chi connectivity index (χ0n) is 14.7. The molecule has 0 radical (unpaired) electrons. The van der Waals surface area contributed by atoms with Crippen molar-refractivity contribution >= 4 is 46.7 Å². The molecular formula is C17H18N4O5S. The number of anilines is 3. The highest BCUT2D eigenvalue weighted by Gasteiger charge is 2.23. The molecule has 0 fully saturated rings. The number of nitrogens with zero attached hydrogens (tertiary/aromatic N) is 1. The summed E-state index contributed by atoms with van der Waals surface area (Å²) in [5.74, 6) is 0.913. The van der Waals surface area contributed by atoms with Crippen LogP contribution >= 0.6 is 11.8 Å². The van der Waals surface area contributed by atoms with Crippen molar-refractivity contribution in [2.24, 2.45) is 0 Å². The number of nitrogens with one attached hydrogen (secondary N) is 3. The molecule has 1 aliphatic rings. The average molecular weight is 390 g/mol. The third kappa shape index (κ3) is 5.00. The van der Waals surface area contributed by atoms with E-state index in [0.29, 0.717) is 28.7 Å². The molecule has 3 amide bonds. The fraction of sp³-hybridized carbons (Fsp3) is 0.294. The van der Waals surface area contributed by atoms with Crippen LogP contribution in [0.5, 0.6) is 5.75 Å². The second-order valence-corrected chi connectivity index (χ2v) is 6.86. The van der Waals surface area contributed by atoms with Gasteiger partial charge in [0.2, 0.25) is 11.8 Å². The van der Waals surface area contributed by atoms with Crippen LogP contribution in [0, 0.1) is 6.92 Å². The summed E-state index contributed by atoms with van der Waals surface area (Å²) in [6, 6.07) is 6.60. The van der Waals surface area contributed by atoms with Crippen molar-refractivity contribution in [3.8, 4) is 5.75 Å². The highest BCUT2D eigenvalue weighted by Crippen LogP contribution is 2.32. The number of ether oxygens (including phenoxy) is 1. The Hall–Kier alpha value is -3.01. The van der Waals surface area contributed by atoms with Gasteiger partial charge in [0.05, 0.1) is 17.2 Å². The molecule has 9 nitrogen and oxygen atoms in total. The molecule has 10 heteroatoms. The van der Waals surface area contributed by atoms with Crippen LogP contribution in [-0.2, 0) is 14.4 Å². The van der Waals surface area contributed by atoms with Crippen LogP contribution in [0.15, 0.2) is 28.8 Å².